The summed E-state index contributed by atoms with van der Waals surface area (Å²) in [5.41, 5.74) is 1.14. The Bertz CT molecular complexity index is 260. The average molecular weight is 179 g/mol. The SMILES string of the molecule is F[C@@H]1CNCC[C@@H]1c1ccccc1. The van der Waals surface area contributed by atoms with E-state index in [1.807, 2.05) is 30.3 Å². The quantitative estimate of drug-likeness (QED) is 0.696. The van der Waals surface area contributed by atoms with Gasteiger partial charge in [0.1, 0.15) is 6.17 Å². The fourth-order valence-corrected chi connectivity index (χ4v) is 1.90. The molecule has 1 heterocycles. The number of alkyl halides is 1. The number of hydrogen-bond donors (Lipinski definition) is 1. The van der Waals surface area contributed by atoms with E-state index in [9.17, 15) is 4.39 Å². The molecule has 0 aromatic heterocycles. The van der Waals surface area contributed by atoms with Gasteiger partial charge in [0.25, 0.3) is 0 Å². The van der Waals surface area contributed by atoms with E-state index in [0.717, 1.165) is 18.5 Å². The number of benzene rings is 1. The summed E-state index contributed by atoms with van der Waals surface area (Å²) in [5.74, 6) is 0.0995. The van der Waals surface area contributed by atoms with Crippen molar-refractivity contribution in [2.45, 2.75) is 18.5 Å². The Morgan fingerprint density at radius 3 is 2.69 bits per heavy atom. The van der Waals surface area contributed by atoms with E-state index in [4.69, 9.17) is 0 Å². The van der Waals surface area contributed by atoms with Crippen molar-refractivity contribution in [3.63, 3.8) is 0 Å². The molecule has 0 unspecified atom stereocenters. The van der Waals surface area contributed by atoms with Crippen LogP contribution in [-0.4, -0.2) is 19.3 Å². The van der Waals surface area contributed by atoms with Crippen LogP contribution in [-0.2, 0) is 0 Å². The van der Waals surface area contributed by atoms with Gasteiger partial charge in [-0.05, 0) is 18.5 Å². The van der Waals surface area contributed by atoms with Crippen molar-refractivity contribution in [2.75, 3.05) is 13.1 Å². The van der Waals surface area contributed by atoms with Crippen LogP contribution in [0.2, 0.25) is 0 Å². The van der Waals surface area contributed by atoms with Crippen molar-refractivity contribution in [3.05, 3.63) is 35.9 Å². The van der Waals surface area contributed by atoms with Crippen LogP contribution in [0.3, 0.4) is 0 Å². The minimum Gasteiger partial charge on any atom is -0.314 e. The highest BCUT2D eigenvalue weighted by Gasteiger charge is 2.25. The molecule has 2 atom stereocenters. The molecule has 0 amide bonds. The topological polar surface area (TPSA) is 12.0 Å². The molecule has 1 N–H and O–H groups in total. The van der Waals surface area contributed by atoms with Crippen molar-refractivity contribution in [3.8, 4) is 0 Å². The first-order valence-corrected chi connectivity index (χ1v) is 4.77. The standard InChI is InChI=1S/C11H14FN/c12-11-8-13-7-6-10(11)9-4-2-1-3-5-9/h1-5,10-11,13H,6-8H2/t10-,11-/m1/s1. The smallest absolute Gasteiger partial charge is 0.119 e. The first-order valence-electron chi connectivity index (χ1n) is 4.77. The van der Waals surface area contributed by atoms with E-state index in [2.05, 4.69) is 5.32 Å². The lowest BCUT2D eigenvalue weighted by Crippen LogP contribution is -2.36. The van der Waals surface area contributed by atoms with Crippen LogP contribution in [0.4, 0.5) is 4.39 Å². The molecule has 0 saturated carbocycles. The summed E-state index contributed by atoms with van der Waals surface area (Å²) in [6.07, 6.45) is 0.182. The van der Waals surface area contributed by atoms with E-state index < -0.39 is 6.17 Å². The van der Waals surface area contributed by atoms with Crippen LogP contribution in [0.15, 0.2) is 30.3 Å². The van der Waals surface area contributed by atoms with Gasteiger partial charge >= 0.3 is 0 Å². The van der Waals surface area contributed by atoms with Crippen LogP contribution in [0.25, 0.3) is 0 Å². The number of halogens is 1. The van der Waals surface area contributed by atoms with E-state index >= 15 is 0 Å². The Kier molecular flexibility index (Phi) is 2.60. The van der Waals surface area contributed by atoms with Gasteiger partial charge in [0, 0.05) is 12.5 Å². The number of hydrogen-bond acceptors (Lipinski definition) is 1. The lowest BCUT2D eigenvalue weighted by Gasteiger charge is -2.26. The fourth-order valence-electron chi connectivity index (χ4n) is 1.90. The lowest BCUT2D eigenvalue weighted by atomic mass is 9.89. The van der Waals surface area contributed by atoms with Crippen LogP contribution >= 0.6 is 0 Å². The summed E-state index contributed by atoms with van der Waals surface area (Å²) in [5, 5.41) is 3.06. The third-order valence-electron chi connectivity index (χ3n) is 2.64. The minimum absolute atomic E-state index is 0.0995. The summed E-state index contributed by atoms with van der Waals surface area (Å²) >= 11 is 0. The van der Waals surface area contributed by atoms with Crippen molar-refractivity contribution >= 4 is 0 Å². The highest BCUT2D eigenvalue weighted by Crippen LogP contribution is 2.27. The van der Waals surface area contributed by atoms with Crippen molar-refractivity contribution in [1.82, 2.24) is 5.32 Å². The van der Waals surface area contributed by atoms with E-state index in [1.165, 1.54) is 0 Å². The van der Waals surface area contributed by atoms with Crippen molar-refractivity contribution < 1.29 is 4.39 Å². The maximum atomic E-state index is 13.5. The molecule has 2 heteroatoms. The Morgan fingerprint density at radius 2 is 2.00 bits per heavy atom. The highest BCUT2D eigenvalue weighted by molar-refractivity contribution is 5.21. The maximum absolute atomic E-state index is 13.5. The van der Waals surface area contributed by atoms with E-state index in [-0.39, 0.29) is 5.92 Å². The molecule has 1 aromatic carbocycles. The van der Waals surface area contributed by atoms with Gasteiger partial charge < -0.3 is 5.32 Å². The lowest BCUT2D eigenvalue weighted by molar-refractivity contribution is 0.231. The van der Waals surface area contributed by atoms with Crippen LogP contribution in [0.1, 0.15) is 17.9 Å². The summed E-state index contributed by atoms with van der Waals surface area (Å²) in [6.45, 7) is 1.43. The van der Waals surface area contributed by atoms with Gasteiger partial charge in [-0.3, -0.25) is 0 Å². The summed E-state index contributed by atoms with van der Waals surface area (Å²) in [6, 6.07) is 9.96. The second kappa shape index (κ2) is 3.88. The summed E-state index contributed by atoms with van der Waals surface area (Å²) in [4.78, 5) is 0. The molecule has 0 spiro atoms. The molecule has 1 saturated heterocycles. The van der Waals surface area contributed by atoms with Crippen molar-refractivity contribution in [2.24, 2.45) is 0 Å². The Balaban J connectivity index is 2.15. The molecule has 1 aliphatic heterocycles. The molecule has 1 aromatic rings. The molecular weight excluding hydrogens is 165 g/mol. The third kappa shape index (κ3) is 1.89. The molecule has 70 valence electrons. The van der Waals surface area contributed by atoms with Gasteiger partial charge in [0.2, 0.25) is 0 Å². The summed E-state index contributed by atoms with van der Waals surface area (Å²) < 4.78 is 13.5. The Labute approximate surface area is 78.0 Å². The fraction of sp³-hybridized carbons (Fsp3) is 0.455. The van der Waals surface area contributed by atoms with Gasteiger partial charge in [0.15, 0.2) is 0 Å². The Morgan fingerprint density at radius 1 is 1.23 bits per heavy atom. The van der Waals surface area contributed by atoms with E-state index in [0.29, 0.717) is 6.54 Å². The first kappa shape index (κ1) is 8.70. The van der Waals surface area contributed by atoms with Crippen LogP contribution in [0, 0.1) is 0 Å². The molecule has 1 nitrogen and oxygen atoms in total. The zero-order valence-electron chi connectivity index (χ0n) is 7.54. The second-order valence-electron chi connectivity index (χ2n) is 3.53. The van der Waals surface area contributed by atoms with Gasteiger partial charge in [-0.15, -0.1) is 0 Å². The number of rotatable bonds is 1. The molecule has 0 bridgehead atoms. The van der Waals surface area contributed by atoms with Crippen molar-refractivity contribution in [1.29, 1.82) is 0 Å². The minimum atomic E-state index is -0.726. The molecule has 13 heavy (non-hydrogen) atoms. The first-order chi connectivity index (χ1) is 6.38. The van der Waals surface area contributed by atoms with Gasteiger partial charge in [-0.2, -0.15) is 0 Å². The molecule has 0 radical (unpaired) electrons. The number of piperidine rings is 1. The van der Waals surface area contributed by atoms with E-state index in [1.54, 1.807) is 0 Å². The molecular formula is C11H14FN. The maximum Gasteiger partial charge on any atom is 0.119 e. The van der Waals surface area contributed by atoms with Gasteiger partial charge in [0.05, 0.1) is 0 Å². The van der Waals surface area contributed by atoms with Gasteiger partial charge in [-0.25, -0.2) is 4.39 Å². The molecule has 1 aliphatic rings. The zero-order valence-corrected chi connectivity index (χ0v) is 7.54. The molecule has 1 fully saturated rings. The third-order valence-corrected chi connectivity index (χ3v) is 2.64. The molecule has 2 rings (SSSR count). The molecule has 0 aliphatic carbocycles. The normalized spacial score (nSPS) is 28.7. The highest BCUT2D eigenvalue weighted by atomic mass is 19.1. The second-order valence-corrected chi connectivity index (χ2v) is 3.53. The van der Waals surface area contributed by atoms with Crippen LogP contribution in [0.5, 0.6) is 0 Å². The summed E-state index contributed by atoms with van der Waals surface area (Å²) in [7, 11) is 0. The van der Waals surface area contributed by atoms with Crippen LogP contribution < -0.4 is 5.32 Å². The predicted octanol–water partition coefficient (Wildman–Crippen LogP) is 2.10. The number of nitrogens with one attached hydrogen (secondary N) is 1. The van der Waals surface area contributed by atoms with Gasteiger partial charge in [-0.1, -0.05) is 30.3 Å². The Hall–Kier alpha value is -0.890. The monoisotopic (exact) mass is 179 g/mol. The average Bonchev–Trinajstić information content (AvgIpc) is 2.20. The zero-order chi connectivity index (χ0) is 9.10. The largest absolute Gasteiger partial charge is 0.314 e. The predicted molar refractivity (Wildman–Crippen MR) is 51.6 cm³/mol.